The van der Waals surface area contributed by atoms with E-state index in [0.717, 1.165) is 35.0 Å². The number of benzene rings is 2. The fourth-order valence-corrected chi connectivity index (χ4v) is 9.49. The van der Waals surface area contributed by atoms with E-state index in [2.05, 4.69) is 15.0 Å². The molecule has 1 aromatic heterocycles. The summed E-state index contributed by atoms with van der Waals surface area (Å²) >= 11 is 1.37. The van der Waals surface area contributed by atoms with Crippen molar-refractivity contribution >= 4 is 55.2 Å². The van der Waals surface area contributed by atoms with Gasteiger partial charge in [-0.25, -0.2) is 13.4 Å². The number of para-hydroxylation sites is 1. The first-order valence-electron chi connectivity index (χ1n) is 17.7. The smallest absolute Gasteiger partial charge is 0.274 e. The molecule has 0 spiro atoms. The average molecular weight is 734 g/mol. The van der Waals surface area contributed by atoms with E-state index in [0.29, 0.717) is 30.9 Å². The summed E-state index contributed by atoms with van der Waals surface area (Å²) in [6, 6.07) is 15.2. The molecule has 2 aromatic carbocycles. The van der Waals surface area contributed by atoms with Gasteiger partial charge in [-0.05, 0) is 56.2 Å². The first-order chi connectivity index (χ1) is 24.5. The van der Waals surface area contributed by atoms with Gasteiger partial charge in [0.05, 0.1) is 22.0 Å². The average Bonchev–Trinajstić information content (AvgIpc) is 4.00. The lowest BCUT2D eigenvalue weighted by Crippen LogP contribution is -2.58. The molecule has 0 unspecified atom stereocenters. The van der Waals surface area contributed by atoms with Crippen molar-refractivity contribution in [1.29, 1.82) is 0 Å². The molecule has 4 amide bonds. The molecule has 3 aromatic rings. The van der Waals surface area contributed by atoms with Crippen LogP contribution < -0.4 is 14.8 Å². The van der Waals surface area contributed by atoms with Crippen molar-refractivity contribution in [3.05, 3.63) is 72.3 Å². The number of sulfonamides is 1. The molecule has 51 heavy (non-hydrogen) atoms. The summed E-state index contributed by atoms with van der Waals surface area (Å²) in [5.41, 5.74) is 0.191. The summed E-state index contributed by atoms with van der Waals surface area (Å²) in [4.78, 5) is 63.7. The van der Waals surface area contributed by atoms with Gasteiger partial charge in [0.2, 0.25) is 27.7 Å². The molecule has 2 N–H and O–H groups in total. The summed E-state index contributed by atoms with van der Waals surface area (Å²) in [6.45, 7) is 1.75. The SMILES string of the molecule is CC(=O)N(Cc1ccccc1)[C@H]1CCCCCC=C[C@@H]2C[C@@]2(C(=O)NS(=O)(=O)C2CC2)NC(=O)[C@@H]2C[C@@H](Oc3nc4ccccc4s3)CN2C1=O. The zero-order chi connectivity index (χ0) is 35.8. The number of rotatable bonds is 8. The predicted molar refractivity (Wildman–Crippen MR) is 192 cm³/mol. The Morgan fingerprint density at radius 2 is 1.82 bits per heavy atom. The third-order valence-electron chi connectivity index (χ3n) is 10.3. The number of nitrogens with one attached hydrogen (secondary N) is 2. The van der Waals surface area contributed by atoms with Gasteiger partial charge in [0.25, 0.3) is 11.1 Å². The number of hydrogen-bond acceptors (Lipinski definition) is 9. The third-order valence-corrected chi connectivity index (χ3v) is 13.1. The van der Waals surface area contributed by atoms with Gasteiger partial charge in [0.15, 0.2) is 0 Å². The normalized spacial score (nSPS) is 27.0. The standard InChI is InChI=1S/C37H43N5O7S2/c1-24(43)41(22-25-12-6-5-7-13-25)30-16-9-4-2-3-8-14-26-21-37(26,35(46)40-51(47,48)28-18-19-28)39-33(44)31-20-27(23-42(31)34(30)45)49-36-38-29-15-10-11-17-32(29)50-36/h5-8,10-15,17,26-28,30-31H,2-4,9,16,18-23H2,1H3,(H,39,44)(H,40,46)/t26-,27-,30+,31+,37-/m1/s1. The van der Waals surface area contributed by atoms with E-state index in [1.165, 1.54) is 23.2 Å². The van der Waals surface area contributed by atoms with E-state index in [-0.39, 0.29) is 37.7 Å². The molecule has 7 rings (SSSR count). The molecular formula is C37H43N5O7S2. The second-order valence-corrected chi connectivity index (χ2v) is 17.0. The van der Waals surface area contributed by atoms with Gasteiger partial charge in [-0.15, -0.1) is 0 Å². The van der Waals surface area contributed by atoms with Crippen molar-refractivity contribution in [1.82, 2.24) is 24.8 Å². The largest absolute Gasteiger partial charge is 0.465 e. The number of thiazole rings is 1. The second-order valence-electron chi connectivity index (χ2n) is 14.1. The van der Waals surface area contributed by atoms with Crippen LogP contribution in [0.25, 0.3) is 10.2 Å². The highest BCUT2D eigenvalue weighted by Gasteiger charge is 2.62. The van der Waals surface area contributed by atoms with Gasteiger partial charge >= 0.3 is 0 Å². The summed E-state index contributed by atoms with van der Waals surface area (Å²) < 4.78 is 35.1. The number of carbonyl (C=O) groups is 4. The van der Waals surface area contributed by atoms with Gasteiger partial charge < -0.3 is 19.9 Å². The van der Waals surface area contributed by atoms with Crippen LogP contribution >= 0.6 is 11.3 Å². The molecule has 270 valence electrons. The van der Waals surface area contributed by atoms with Crippen LogP contribution in [-0.4, -0.2) is 82.4 Å². The second kappa shape index (κ2) is 14.4. The van der Waals surface area contributed by atoms with Gasteiger partial charge in [-0.2, -0.15) is 0 Å². The van der Waals surface area contributed by atoms with E-state index in [9.17, 15) is 27.6 Å². The van der Waals surface area contributed by atoms with Gasteiger partial charge in [0.1, 0.15) is 23.7 Å². The minimum absolute atomic E-state index is 0.0685. The highest BCUT2D eigenvalue weighted by Crippen LogP contribution is 2.46. The molecule has 4 aliphatic rings. The van der Waals surface area contributed by atoms with Crippen LogP contribution in [0.4, 0.5) is 0 Å². The Morgan fingerprint density at radius 1 is 1.06 bits per heavy atom. The molecule has 14 heteroatoms. The van der Waals surface area contributed by atoms with E-state index >= 15 is 0 Å². The number of fused-ring (bicyclic) bond motifs is 3. The molecular weight excluding hydrogens is 691 g/mol. The van der Waals surface area contributed by atoms with Crippen molar-refractivity contribution in [3.63, 3.8) is 0 Å². The molecule has 2 aliphatic carbocycles. The van der Waals surface area contributed by atoms with E-state index in [1.807, 2.05) is 66.7 Å². The molecule has 2 aliphatic heterocycles. The zero-order valence-electron chi connectivity index (χ0n) is 28.5. The number of nitrogens with zero attached hydrogens (tertiary/aromatic N) is 3. The topological polar surface area (TPSA) is 155 Å². The maximum atomic E-state index is 14.8. The molecule has 3 fully saturated rings. The number of aromatic nitrogens is 1. The lowest BCUT2D eigenvalue weighted by molar-refractivity contribution is -0.149. The monoisotopic (exact) mass is 733 g/mol. The Hall–Kier alpha value is -4.30. The minimum atomic E-state index is -3.86. The summed E-state index contributed by atoms with van der Waals surface area (Å²) in [5.74, 6) is -2.35. The lowest BCUT2D eigenvalue weighted by atomic mass is 10.0. The molecule has 0 bridgehead atoms. The van der Waals surface area contributed by atoms with Crippen molar-refractivity contribution in [2.24, 2.45) is 5.92 Å². The first-order valence-corrected chi connectivity index (χ1v) is 20.1. The van der Waals surface area contributed by atoms with Crippen LogP contribution in [0.5, 0.6) is 5.19 Å². The molecule has 0 radical (unpaired) electrons. The van der Waals surface area contributed by atoms with Crippen LogP contribution in [0.2, 0.25) is 0 Å². The molecule has 5 atom stereocenters. The Bertz CT molecular complexity index is 1910. The predicted octanol–water partition coefficient (Wildman–Crippen LogP) is 4.07. The quantitative estimate of drug-likeness (QED) is 0.329. The van der Waals surface area contributed by atoms with Gasteiger partial charge in [0, 0.05) is 25.8 Å². The first kappa shape index (κ1) is 35.1. The highest BCUT2D eigenvalue weighted by atomic mass is 32.2. The van der Waals surface area contributed by atoms with Crippen molar-refractivity contribution in [2.75, 3.05) is 6.54 Å². The summed E-state index contributed by atoms with van der Waals surface area (Å²) in [5, 5.41) is 2.72. The van der Waals surface area contributed by atoms with Gasteiger partial charge in [-0.3, -0.25) is 23.9 Å². The van der Waals surface area contributed by atoms with E-state index < -0.39 is 56.7 Å². The van der Waals surface area contributed by atoms with E-state index in [4.69, 9.17) is 4.74 Å². The Balaban J connectivity index is 1.21. The van der Waals surface area contributed by atoms with Crippen LogP contribution in [0.1, 0.15) is 70.3 Å². The van der Waals surface area contributed by atoms with Crippen LogP contribution in [-0.2, 0) is 35.7 Å². The third kappa shape index (κ3) is 7.67. The fraction of sp³-hybridized carbons (Fsp3) is 0.486. The van der Waals surface area contributed by atoms with Crippen LogP contribution in [0, 0.1) is 5.92 Å². The fourth-order valence-electron chi connectivity index (χ4n) is 7.25. The number of allylic oxidation sites excluding steroid dienone is 1. The number of carbonyl (C=O) groups excluding carboxylic acids is 4. The van der Waals surface area contributed by atoms with Crippen molar-refractivity contribution in [2.45, 2.75) is 100 Å². The van der Waals surface area contributed by atoms with E-state index in [1.54, 1.807) is 4.90 Å². The molecule has 2 saturated carbocycles. The molecule has 3 heterocycles. The number of amides is 4. The lowest BCUT2D eigenvalue weighted by Gasteiger charge is -2.35. The summed E-state index contributed by atoms with van der Waals surface area (Å²) in [7, 11) is -3.86. The van der Waals surface area contributed by atoms with Gasteiger partial charge in [-0.1, -0.05) is 78.8 Å². The minimum Gasteiger partial charge on any atom is -0.465 e. The van der Waals surface area contributed by atoms with Crippen molar-refractivity contribution in [3.8, 4) is 5.19 Å². The number of hydrogen-bond donors (Lipinski definition) is 2. The Labute approximate surface area is 301 Å². The Kier molecular flexibility index (Phi) is 9.90. The molecule has 12 nitrogen and oxygen atoms in total. The van der Waals surface area contributed by atoms with Crippen molar-refractivity contribution < 1.29 is 32.3 Å². The highest BCUT2D eigenvalue weighted by molar-refractivity contribution is 7.91. The Morgan fingerprint density at radius 3 is 2.57 bits per heavy atom. The van der Waals surface area contributed by atoms with Crippen LogP contribution in [0.15, 0.2) is 66.7 Å². The molecule has 1 saturated heterocycles. The number of ether oxygens (including phenoxy) is 1. The zero-order valence-corrected chi connectivity index (χ0v) is 30.2. The summed E-state index contributed by atoms with van der Waals surface area (Å²) in [6.07, 6.45) is 8.08. The maximum absolute atomic E-state index is 14.8. The van der Waals surface area contributed by atoms with Crippen LogP contribution in [0.3, 0.4) is 0 Å². The maximum Gasteiger partial charge on any atom is 0.274 e.